The first kappa shape index (κ1) is 23.4. The zero-order valence-corrected chi connectivity index (χ0v) is 19.0. The summed E-state index contributed by atoms with van der Waals surface area (Å²) in [6.07, 6.45) is 0. The second kappa shape index (κ2) is 10.4. The van der Waals surface area contributed by atoms with Crippen LogP contribution in [0.1, 0.15) is 21.9 Å². The minimum Gasteiger partial charge on any atom is -0.493 e. The number of benzene rings is 3. The Morgan fingerprint density at radius 3 is 2.43 bits per heavy atom. The molecule has 178 valence electrons. The molecule has 35 heavy (non-hydrogen) atoms. The number of carbonyl (C=O) groups is 1. The van der Waals surface area contributed by atoms with Crippen molar-refractivity contribution in [3.05, 3.63) is 106 Å². The lowest BCUT2D eigenvalue weighted by atomic mass is 10.2. The number of ether oxygens (including phenoxy) is 3. The maximum Gasteiger partial charge on any atom is 0.291 e. The largest absolute Gasteiger partial charge is 0.493 e. The third-order valence-corrected chi connectivity index (χ3v) is 4.94. The van der Waals surface area contributed by atoms with E-state index in [1.54, 1.807) is 37.4 Å². The molecule has 0 unspecified atom stereocenters. The number of nitro groups is 1. The van der Waals surface area contributed by atoms with Gasteiger partial charge in [0.1, 0.15) is 23.9 Å². The van der Waals surface area contributed by atoms with E-state index in [0.29, 0.717) is 23.0 Å². The van der Waals surface area contributed by atoms with Gasteiger partial charge in [0.25, 0.3) is 11.6 Å². The minimum absolute atomic E-state index is 0.0242. The van der Waals surface area contributed by atoms with Gasteiger partial charge in [0, 0.05) is 12.1 Å². The number of hydrogen-bond acceptors (Lipinski definition) is 7. The van der Waals surface area contributed by atoms with E-state index in [4.69, 9.17) is 18.6 Å². The average Bonchev–Trinajstić information content (AvgIpc) is 3.33. The number of hydrogen-bond donors (Lipinski definition) is 1. The number of rotatable bonds is 9. The highest BCUT2D eigenvalue weighted by molar-refractivity contribution is 6.02. The van der Waals surface area contributed by atoms with Crippen LogP contribution in [0.2, 0.25) is 0 Å². The Hall–Kier alpha value is -4.79. The molecule has 1 heterocycles. The fourth-order valence-electron chi connectivity index (χ4n) is 3.22. The van der Waals surface area contributed by atoms with Crippen LogP contribution in [0.4, 0.5) is 11.4 Å². The Bertz CT molecular complexity index is 1350. The van der Waals surface area contributed by atoms with Gasteiger partial charge in [-0.15, -0.1) is 0 Å². The molecule has 1 N–H and O–H groups in total. The maximum atomic E-state index is 12.7. The molecule has 0 saturated carbocycles. The second-order valence-corrected chi connectivity index (χ2v) is 7.55. The van der Waals surface area contributed by atoms with Crippen molar-refractivity contribution in [3.63, 3.8) is 0 Å². The standard InChI is InChI=1S/C26H22N2O7/c1-17-7-9-20(10-8-17)34-22-14-18(13-19(15-22)28(30)31)27-26(29)25-12-11-21(35-25)16-33-24-6-4-3-5-23(24)32-2/h3-15H,16H2,1-2H3,(H,27,29). The van der Waals surface area contributed by atoms with E-state index in [1.807, 2.05) is 31.2 Å². The molecule has 0 saturated heterocycles. The van der Waals surface area contributed by atoms with Gasteiger partial charge in [-0.25, -0.2) is 0 Å². The van der Waals surface area contributed by atoms with Crippen LogP contribution < -0.4 is 19.5 Å². The quantitative estimate of drug-likeness (QED) is 0.229. The highest BCUT2D eigenvalue weighted by Crippen LogP contribution is 2.30. The van der Waals surface area contributed by atoms with E-state index in [2.05, 4.69) is 5.32 Å². The number of para-hydroxylation sites is 2. The molecule has 0 radical (unpaired) electrons. The first-order chi connectivity index (χ1) is 16.9. The van der Waals surface area contributed by atoms with Gasteiger partial charge >= 0.3 is 0 Å². The van der Waals surface area contributed by atoms with Crippen molar-refractivity contribution in [1.82, 2.24) is 0 Å². The molecule has 4 aromatic rings. The van der Waals surface area contributed by atoms with Crippen LogP contribution in [0.3, 0.4) is 0 Å². The number of nitrogens with one attached hydrogen (secondary N) is 1. The van der Waals surface area contributed by atoms with Gasteiger partial charge < -0.3 is 23.9 Å². The van der Waals surface area contributed by atoms with Crippen LogP contribution in [0.5, 0.6) is 23.0 Å². The van der Waals surface area contributed by atoms with Crippen LogP contribution in [-0.2, 0) is 6.61 Å². The Morgan fingerprint density at radius 2 is 1.71 bits per heavy atom. The zero-order valence-electron chi connectivity index (χ0n) is 19.0. The molecule has 4 rings (SSSR count). The van der Waals surface area contributed by atoms with Gasteiger partial charge in [0.05, 0.1) is 23.8 Å². The van der Waals surface area contributed by atoms with E-state index in [-0.39, 0.29) is 29.5 Å². The van der Waals surface area contributed by atoms with Crippen molar-refractivity contribution >= 4 is 17.3 Å². The van der Waals surface area contributed by atoms with E-state index < -0.39 is 10.8 Å². The monoisotopic (exact) mass is 474 g/mol. The molecule has 3 aromatic carbocycles. The second-order valence-electron chi connectivity index (χ2n) is 7.55. The summed E-state index contributed by atoms with van der Waals surface area (Å²) in [4.78, 5) is 23.5. The molecule has 0 fully saturated rings. The van der Waals surface area contributed by atoms with E-state index in [0.717, 1.165) is 5.56 Å². The van der Waals surface area contributed by atoms with Crippen LogP contribution in [-0.4, -0.2) is 17.9 Å². The normalized spacial score (nSPS) is 10.5. The summed E-state index contributed by atoms with van der Waals surface area (Å²) >= 11 is 0. The zero-order chi connectivity index (χ0) is 24.8. The van der Waals surface area contributed by atoms with Crippen molar-refractivity contribution in [2.75, 3.05) is 12.4 Å². The van der Waals surface area contributed by atoms with Crippen molar-refractivity contribution in [2.45, 2.75) is 13.5 Å². The number of nitrogens with zero attached hydrogens (tertiary/aromatic N) is 1. The lowest BCUT2D eigenvalue weighted by Gasteiger charge is -2.09. The smallest absolute Gasteiger partial charge is 0.291 e. The molecular weight excluding hydrogens is 452 g/mol. The number of amides is 1. The summed E-state index contributed by atoms with van der Waals surface area (Å²) in [5.74, 6) is 1.71. The molecule has 1 amide bonds. The van der Waals surface area contributed by atoms with Gasteiger partial charge in [-0.2, -0.15) is 0 Å². The molecule has 9 heteroatoms. The van der Waals surface area contributed by atoms with Crippen molar-refractivity contribution in [3.8, 4) is 23.0 Å². The fourth-order valence-corrected chi connectivity index (χ4v) is 3.22. The summed E-state index contributed by atoms with van der Waals surface area (Å²) in [5.41, 5.74) is 1.01. The summed E-state index contributed by atoms with van der Waals surface area (Å²) in [5, 5.41) is 14.0. The Labute approximate surface area is 201 Å². The molecule has 0 aliphatic carbocycles. The molecule has 0 bridgehead atoms. The minimum atomic E-state index is -0.574. The SMILES string of the molecule is COc1ccccc1OCc1ccc(C(=O)Nc2cc(Oc3ccc(C)cc3)cc([N+](=O)[O-])c2)o1. The number of non-ortho nitro benzene ring substituents is 1. The fraction of sp³-hybridized carbons (Fsp3) is 0.115. The highest BCUT2D eigenvalue weighted by Gasteiger charge is 2.16. The molecular formula is C26H22N2O7. The van der Waals surface area contributed by atoms with Crippen LogP contribution in [0, 0.1) is 17.0 Å². The predicted molar refractivity (Wildman–Crippen MR) is 128 cm³/mol. The van der Waals surface area contributed by atoms with E-state index >= 15 is 0 Å². The summed E-state index contributed by atoms with van der Waals surface area (Å²) in [6.45, 7) is 2.02. The summed E-state index contributed by atoms with van der Waals surface area (Å²) in [7, 11) is 1.54. The predicted octanol–water partition coefficient (Wildman–Crippen LogP) is 6.13. The molecule has 1 aromatic heterocycles. The molecule has 0 atom stereocenters. The van der Waals surface area contributed by atoms with Crippen LogP contribution in [0.15, 0.2) is 83.3 Å². The third kappa shape index (κ3) is 5.97. The van der Waals surface area contributed by atoms with Crippen molar-refractivity contribution < 1.29 is 28.3 Å². The van der Waals surface area contributed by atoms with E-state index in [1.165, 1.54) is 24.3 Å². The van der Waals surface area contributed by atoms with Crippen LogP contribution >= 0.6 is 0 Å². The molecule has 9 nitrogen and oxygen atoms in total. The average molecular weight is 474 g/mol. The van der Waals surface area contributed by atoms with Crippen LogP contribution in [0.25, 0.3) is 0 Å². The lowest BCUT2D eigenvalue weighted by Crippen LogP contribution is -2.11. The summed E-state index contributed by atoms with van der Waals surface area (Å²) in [6, 6.07) is 21.5. The first-order valence-corrected chi connectivity index (χ1v) is 10.6. The number of anilines is 1. The Balaban J connectivity index is 1.46. The number of furan rings is 1. The number of aryl methyl sites for hydroxylation is 1. The number of nitro benzene ring substituents is 1. The third-order valence-electron chi connectivity index (χ3n) is 4.94. The van der Waals surface area contributed by atoms with Gasteiger partial charge in [-0.05, 0) is 43.3 Å². The Kier molecular flexibility index (Phi) is 6.96. The summed E-state index contributed by atoms with van der Waals surface area (Å²) < 4.78 is 22.3. The number of methoxy groups -OCH3 is 1. The first-order valence-electron chi connectivity index (χ1n) is 10.6. The van der Waals surface area contributed by atoms with Crippen molar-refractivity contribution in [2.24, 2.45) is 0 Å². The van der Waals surface area contributed by atoms with Gasteiger partial charge in [0.15, 0.2) is 17.3 Å². The highest BCUT2D eigenvalue weighted by atomic mass is 16.6. The van der Waals surface area contributed by atoms with Gasteiger partial charge in [-0.1, -0.05) is 29.8 Å². The van der Waals surface area contributed by atoms with Crippen molar-refractivity contribution in [1.29, 1.82) is 0 Å². The number of carbonyl (C=O) groups excluding carboxylic acids is 1. The van der Waals surface area contributed by atoms with Gasteiger partial charge in [0.2, 0.25) is 0 Å². The maximum absolute atomic E-state index is 12.7. The van der Waals surface area contributed by atoms with E-state index in [9.17, 15) is 14.9 Å². The molecule has 0 aliphatic rings. The molecule has 0 spiro atoms. The topological polar surface area (TPSA) is 113 Å². The lowest BCUT2D eigenvalue weighted by molar-refractivity contribution is -0.384. The Morgan fingerprint density at radius 1 is 0.971 bits per heavy atom. The van der Waals surface area contributed by atoms with Gasteiger partial charge in [-0.3, -0.25) is 14.9 Å². The molecule has 0 aliphatic heterocycles.